The summed E-state index contributed by atoms with van der Waals surface area (Å²) in [6.45, 7) is 6.89. The monoisotopic (exact) mass is 904 g/mol. The van der Waals surface area contributed by atoms with E-state index >= 15 is 0 Å². The van der Waals surface area contributed by atoms with Gasteiger partial charge in [0.05, 0.1) is 38.5 Å². The van der Waals surface area contributed by atoms with Crippen molar-refractivity contribution in [2.24, 2.45) is 7.05 Å². The van der Waals surface area contributed by atoms with E-state index in [2.05, 4.69) is 24.9 Å². The van der Waals surface area contributed by atoms with E-state index in [0.29, 0.717) is 75.4 Å². The van der Waals surface area contributed by atoms with Gasteiger partial charge in [0.2, 0.25) is 23.6 Å². The van der Waals surface area contributed by atoms with Crippen LogP contribution in [0.5, 0.6) is 5.75 Å². The normalized spacial score (nSPS) is 21.8. The molecule has 2 aromatic heterocycles. The SMILES string of the molecule is CC(=O)N1CCc2c(c(N3CCCc4cc(-c5cnn(C)c5)c(C(F)F)cc43)nn2C2CCN(CC(=O)N3CCC4(CC3)COc3c4ccc4c3CN([C@H]3CCC(=O)NC3=O)C4=O)CC2)C1. The van der Waals surface area contributed by atoms with E-state index in [0.717, 1.165) is 96.8 Å². The Morgan fingerprint density at radius 2 is 1.73 bits per heavy atom. The molecule has 1 N–H and O–H groups in total. The molecule has 0 radical (unpaired) electrons. The van der Waals surface area contributed by atoms with E-state index in [-0.39, 0.29) is 53.6 Å². The zero-order valence-corrected chi connectivity index (χ0v) is 37.4. The lowest BCUT2D eigenvalue weighted by Crippen LogP contribution is -2.52. The van der Waals surface area contributed by atoms with E-state index in [1.54, 1.807) is 42.0 Å². The molecule has 5 amide bonds. The fourth-order valence-electron chi connectivity index (χ4n) is 11.8. The number of hydrogen-bond donors (Lipinski definition) is 1. The van der Waals surface area contributed by atoms with Crippen molar-refractivity contribution in [3.8, 4) is 16.9 Å². The number of alkyl halides is 2. The Kier molecular flexibility index (Phi) is 10.5. The van der Waals surface area contributed by atoms with Crippen LogP contribution < -0.4 is 15.0 Å². The number of aryl methyl sites for hydroxylation is 2. The van der Waals surface area contributed by atoms with Crippen molar-refractivity contribution in [3.05, 3.63) is 75.7 Å². The van der Waals surface area contributed by atoms with Crippen molar-refractivity contribution >= 4 is 41.0 Å². The minimum Gasteiger partial charge on any atom is -0.492 e. The zero-order valence-electron chi connectivity index (χ0n) is 37.4. The number of imide groups is 1. The highest BCUT2D eigenvalue weighted by Gasteiger charge is 2.48. The molecule has 2 aromatic carbocycles. The third kappa shape index (κ3) is 7.13. The fourth-order valence-corrected chi connectivity index (χ4v) is 11.8. The van der Waals surface area contributed by atoms with Gasteiger partial charge >= 0.3 is 0 Å². The number of carbonyl (C=O) groups excluding carboxylic acids is 5. The standard InChI is InChI=1S/C48H54F2N10O6/c1-28(61)57-17-11-38-36(24-57)45(58-14-3-4-29-20-33(30-22-51-54(2)23-30)34(44(49)50)21-40(29)58)53-60(38)31-9-15-55(16-10-31)26-42(63)56-18-12-48(13-19-56)27-66-43-35-25-59(39-7-8-41(62)52-46(39)64)47(65)32(35)5-6-37(43)48/h5-6,20-23,31,39,44H,3-4,7-19,24-27H2,1-2H3,(H,52,62,64)/t39-/m0/s1. The molecule has 16 nitrogen and oxygen atoms in total. The summed E-state index contributed by atoms with van der Waals surface area (Å²) in [4.78, 5) is 74.1. The van der Waals surface area contributed by atoms with Crippen molar-refractivity contribution in [2.75, 3.05) is 57.3 Å². The molecular formula is C48H54F2N10O6. The number of aromatic nitrogens is 4. The average molecular weight is 905 g/mol. The van der Waals surface area contributed by atoms with Crippen LogP contribution in [0.1, 0.15) is 108 Å². The number of halogens is 2. The molecule has 1 spiro atoms. The second kappa shape index (κ2) is 16.3. The van der Waals surface area contributed by atoms with Gasteiger partial charge in [0, 0.05) is 122 Å². The number of anilines is 2. The number of fused-ring (bicyclic) bond motifs is 6. The molecule has 4 aromatic rings. The molecule has 18 heteroatoms. The Bertz CT molecular complexity index is 2680. The number of amides is 5. The molecule has 9 heterocycles. The number of carbonyl (C=O) groups is 5. The second-order valence-corrected chi connectivity index (χ2v) is 19.2. The summed E-state index contributed by atoms with van der Waals surface area (Å²) in [5, 5.41) is 11.9. The molecular weight excluding hydrogens is 851 g/mol. The number of piperidine rings is 3. The largest absolute Gasteiger partial charge is 0.492 e. The number of nitrogens with zero attached hydrogens (tertiary/aromatic N) is 9. The first-order valence-corrected chi connectivity index (χ1v) is 23.4. The molecule has 1 atom stereocenters. The summed E-state index contributed by atoms with van der Waals surface area (Å²) in [6, 6.07) is 6.75. The summed E-state index contributed by atoms with van der Waals surface area (Å²) in [5.74, 6) is 0.556. The van der Waals surface area contributed by atoms with Crippen molar-refractivity contribution in [1.29, 1.82) is 0 Å². The maximum atomic E-state index is 14.8. The third-order valence-corrected chi connectivity index (χ3v) is 15.5. The Morgan fingerprint density at radius 3 is 2.45 bits per heavy atom. The number of hydrogen-bond acceptors (Lipinski definition) is 10. The molecule has 3 fully saturated rings. The first kappa shape index (κ1) is 42.5. The molecule has 7 aliphatic heterocycles. The van der Waals surface area contributed by atoms with Crippen LogP contribution in [0.25, 0.3) is 11.1 Å². The minimum atomic E-state index is -2.69. The van der Waals surface area contributed by atoms with E-state index in [1.807, 2.05) is 28.0 Å². The highest BCUT2D eigenvalue weighted by atomic mass is 19.3. The molecule has 346 valence electrons. The lowest BCUT2D eigenvalue weighted by molar-refractivity contribution is -0.137. The molecule has 11 rings (SSSR count). The smallest absolute Gasteiger partial charge is 0.264 e. The first-order valence-electron chi connectivity index (χ1n) is 23.4. The number of likely N-dealkylation sites (tertiary alicyclic amines) is 2. The lowest BCUT2D eigenvalue weighted by Gasteiger charge is -2.40. The van der Waals surface area contributed by atoms with Gasteiger partial charge in [-0.05, 0) is 74.3 Å². The predicted octanol–water partition coefficient (Wildman–Crippen LogP) is 4.56. The molecule has 0 bridgehead atoms. The Balaban J connectivity index is 0.757. The fraction of sp³-hybridized carbons (Fsp3) is 0.521. The van der Waals surface area contributed by atoms with Gasteiger partial charge in [-0.15, -0.1) is 0 Å². The molecule has 0 saturated carbocycles. The van der Waals surface area contributed by atoms with Gasteiger partial charge in [0.1, 0.15) is 11.8 Å². The van der Waals surface area contributed by atoms with E-state index < -0.39 is 18.4 Å². The van der Waals surface area contributed by atoms with E-state index in [4.69, 9.17) is 9.84 Å². The van der Waals surface area contributed by atoms with Gasteiger partial charge in [0.15, 0.2) is 5.82 Å². The number of rotatable bonds is 7. The summed E-state index contributed by atoms with van der Waals surface area (Å²) in [6.07, 6.45) is 6.49. The maximum absolute atomic E-state index is 14.8. The van der Waals surface area contributed by atoms with Crippen LogP contribution in [-0.2, 0) is 57.6 Å². The molecule has 7 aliphatic rings. The van der Waals surface area contributed by atoms with Crippen molar-refractivity contribution < 1.29 is 37.5 Å². The van der Waals surface area contributed by atoms with Gasteiger partial charge in [-0.2, -0.15) is 10.2 Å². The topological polar surface area (TPSA) is 158 Å². The van der Waals surface area contributed by atoms with E-state index in [9.17, 15) is 32.8 Å². The molecule has 66 heavy (non-hydrogen) atoms. The van der Waals surface area contributed by atoms with Gasteiger partial charge in [-0.3, -0.25) is 43.6 Å². The second-order valence-electron chi connectivity index (χ2n) is 19.2. The van der Waals surface area contributed by atoms with Gasteiger partial charge in [0.25, 0.3) is 12.3 Å². The Morgan fingerprint density at radius 1 is 0.924 bits per heavy atom. The van der Waals surface area contributed by atoms with Crippen LogP contribution in [0, 0.1) is 0 Å². The quantitative estimate of drug-likeness (QED) is 0.261. The summed E-state index contributed by atoms with van der Waals surface area (Å²) in [7, 11) is 1.77. The Hall–Kier alpha value is -6.17. The highest BCUT2D eigenvalue weighted by molar-refractivity contribution is 6.06. The predicted molar refractivity (Wildman–Crippen MR) is 236 cm³/mol. The summed E-state index contributed by atoms with van der Waals surface area (Å²) < 4.78 is 39.6. The number of nitrogens with one attached hydrogen (secondary N) is 1. The maximum Gasteiger partial charge on any atom is 0.264 e. The highest BCUT2D eigenvalue weighted by Crippen LogP contribution is 2.50. The molecule has 0 unspecified atom stereocenters. The van der Waals surface area contributed by atoms with Gasteiger partial charge in [-0.1, -0.05) is 6.07 Å². The van der Waals surface area contributed by atoms with Crippen LogP contribution in [0.15, 0.2) is 36.7 Å². The van der Waals surface area contributed by atoms with Gasteiger partial charge in [-0.25, -0.2) is 8.78 Å². The summed E-state index contributed by atoms with van der Waals surface area (Å²) >= 11 is 0. The van der Waals surface area contributed by atoms with Gasteiger partial charge < -0.3 is 24.3 Å². The average Bonchev–Trinajstić information content (AvgIpc) is 4.09. The van der Waals surface area contributed by atoms with E-state index in [1.165, 1.54) is 0 Å². The van der Waals surface area contributed by atoms with Crippen LogP contribution in [0.4, 0.5) is 20.3 Å². The lowest BCUT2D eigenvalue weighted by atomic mass is 9.74. The summed E-state index contributed by atoms with van der Waals surface area (Å²) in [5.41, 5.74) is 7.00. The van der Waals surface area contributed by atoms with Crippen LogP contribution >= 0.6 is 0 Å². The van der Waals surface area contributed by atoms with Crippen LogP contribution in [0.2, 0.25) is 0 Å². The molecule has 3 saturated heterocycles. The third-order valence-electron chi connectivity index (χ3n) is 15.5. The zero-order chi connectivity index (χ0) is 45.6. The van der Waals surface area contributed by atoms with Crippen LogP contribution in [0.3, 0.4) is 0 Å². The Labute approximate surface area is 380 Å². The van der Waals surface area contributed by atoms with Crippen molar-refractivity contribution in [1.82, 2.24) is 44.5 Å². The van der Waals surface area contributed by atoms with Crippen molar-refractivity contribution in [2.45, 2.75) is 102 Å². The van der Waals surface area contributed by atoms with Crippen LogP contribution in [-0.4, -0.2) is 127 Å². The molecule has 0 aliphatic carbocycles. The number of benzene rings is 2. The number of ether oxygens (including phenoxy) is 1. The minimum absolute atomic E-state index is 0.0105. The first-order chi connectivity index (χ1) is 31.9. The van der Waals surface area contributed by atoms with Crippen molar-refractivity contribution in [3.63, 3.8) is 0 Å².